The molecule has 0 radical (unpaired) electrons. The Hall–Kier alpha value is -2.34. The van der Waals surface area contributed by atoms with Crippen molar-refractivity contribution in [1.29, 1.82) is 0 Å². The molecule has 0 unspecified atom stereocenters. The first-order valence-electron chi connectivity index (χ1n) is 7.07. The zero-order valence-corrected chi connectivity index (χ0v) is 11.6. The first-order chi connectivity index (χ1) is 10.4. The zero-order valence-electron chi connectivity index (χ0n) is 11.6. The largest absolute Gasteiger partial charge is 0.486 e. The molecular formula is C15H16N4O2. The number of para-hydroxylation sites is 2. The Morgan fingerprint density at radius 2 is 1.95 bits per heavy atom. The molecule has 0 aliphatic carbocycles. The van der Waals surface area contributed by atoms with Crippen molar-refractivity contribution >= 4 is 17.3 Å². The second-order valence-electron chi connectivity index (χ2n) is 5.03. The number of benzene rings is 1. The van der Waals surface area contributed by atoms with Crippen LogP contribution in [0.3, 0.4) is 0 Å². The molecule has 6 nitrogen and oxygen atoms in total. The topological polar surface area (TPSA) is 59.5 Å². The molecule has 1 N–H and O–H groups in total. The third kappa shape index (κ3) is 2.27. The van der Waals surface area contributed by atoms with Gasteiger partial charge < -0.3 is 19.7 Å². The molecule has 2 aliphatic rings. The van der Waals surface area contributed by atoms with E-state index in [1.807, 2.05) is 24.3 Å². The fourth-order valence-electron chi connectivity index (χ4n) is 2.66. The van der Waals surface area contributed by atoms with E-state index in [4.69, 9.17) is 9.47 Å². The summed E-state index contributed by atoms with van der Waals surface area (Å²) in [7, 11) is 0. The van der Waals surface area contributed by atoms with E-state index in [2.05, 4.69) is 20.2 Å². The smallest absolute Gasteiger partial charge is 0.143 e. The van der Waals surface area contributed by atoms with Gasteiger partial charge in [0, 0.05) is 13.1 Å². The number of hydrogen-bond acceptors (Lipinski definition) is 6. The lowest BCUT2D eigenvalue weighted by atomic mass is 10.2. The maximum absolute atomic E-state index is 5.91. The molecular weight excluding hydrogens is 268 g/mol. The molecule has 6 heteroatoms. The maximum atomic E-state index is 5.91. The Bertz CT molecular complexity index is 656. The van der Waals surface area contributed by atoms with E-state index in [9.17, 15) is 0 Å². The van der Waals surface area contributed by atoms with Crippen molar-refractivity contribution in [3.05, 3.63) is 36.2 Å². The summed E-state index contributed by atoms with van der Waals surface area (Å²) < 4.78 is 11.3. The number of ether oxygens (including phenoxy) is 2. The molecule has 1 aromatic heterocycles. The molecule has 0 amide bonds. The van der Waals surface area contributed by atoms with Crippen molar-refractivity contribution in [2.24, 2.45) is 0 Å². The minimum absolute atomic E-state index is 0.465. The summed E-state index contributed by atoms with van der Waals surface area (Å²) >= 11 is 0. The molecule has 0 spiro atoms. The predicted molar refractivity (Wildman–Crippen MR) is 79.1 cm³/mol. The maximum Gasteiger partial charge on any atom is 0.143 e. The van der Waals surface area contributed by atoms with Crippen molar-refractivity contribution in [2.45, 2.75) is 6.61 Å². The Labute approximate surface area is 122 Å². The van der Waals surface area contributed by atoms with Crippen molar-refractivity contribution in [3.8, 4) is 5.75 Å². The van der Waals surface area contributed by atoms with Crippen LogP contribution in [0.4, 0.5) is 17.3 Å². The van der Waals surface area contributed by atoms with Gasteiger partial charge in [-0.25, -0.2) is 9.97 Å². The number of nitrogens with zero attached hydrogens (tertiary/aromatic N) is 3. The average Bonchev–Trinajstić information content (AvgIpc) is 2.74. The van der Waals surface area contributed by atoms with Gasteiger partial charge in [0.1, 0.15) is 30.3 Å². The van der Waals surface area contributed by atoms with Gasteiger partial charge in [0.05, 0.1) is 24.5 Å². The molecule has 1 fully saturated rings. The van der Waals surface area contributed by atoms with Crippen LogP contribution in [0.1, 0.15) is 5.56 Å². The molecule has 0 saturated carbocycles. The van der Waals surface area contributed by atoms with Crippen LogP contribution in [0.25, 0.3) is 0 Å². The quantitative estimate of drug-likeness (QED) is 0.863. The summed E-state index contributed by atoms with van der Waals surface area (Å²) in [6.45, 7) is 3.61. The molecule has 21 heavy (non-hydrogen) atoms. The van der Waals surface area contributed by atoms with E-state index < -0.39 is 0 Å². The van der Waals surface area contributed by atoms with Gasteiger partial charge in [0.2, 0.25) is 0 Å². The minimum Gasteiger partial charge on any atom is -0.486 e. The monoisotopic (exact) mass is 284 g/mol. The number of fused-ring (bicyclic) bond motifs is 2. The summed E-state index contributed by atoms with van der Waals surface area (Å²) in [6.07, 6.45) is 1.60. The van der Waals surface area contributed by atoms with Crippen LogP contribution in [0, 0.1) is 0 Å². The van der Waals surface area contributed by atoms with E-state index in [1.54, 1.807) is 6.33 Å². The van der Waals surface area contributed by atoms with E-state index >= 15 is 0 Å². The molecule has 2 aliphatic heterocycles. The molecule has 0 atom stereocenters. The lowest BCUT2D eigenvalue weighted by molar-refractivity contribution is 0.122. The molecule has 1 aromatic carbocycles. The van der Waals surface area contributed by atoms with Crippen LogP contribution < -0.4 is 15.0 Å². The predicted octanol–water partition coefficient (Wildman–Crippen LogP) is 1.95. The van der Waals surface area contributed by atoms with Gasteiger partial charge in [-0.2, -0.15) is 0 Å². The minimum atomic E-state index is 0.465. The van der Waals surface area contributed by atoms with Crippen molar-refractivity contribution in [2.75, 3.05) is 36.5 Å². The first kappa shape index (κ1) is 12.4. The fraction of sp³-hybridized carbons (Fsp3) is 0.333. The number of morpholine rings is 1. The Balaban J connectivity index is 1.72. The summed E-state index contributed by atoms with van der Waals surface area (Å²) in [6, 6.07) is 7.88. The van der Waals surface area contributed by atoms with Gasteiger partial charge in [0.25, 0.3) is 0 Å². The van der Waals surface area contributed by atoms with Crippen LogP contribution in [-0.4, -0.2) is 36.3 Å². The Morgan fingerprint density at radius 3 is 2.86 bits per heavy atom. The Morgan fingerprint density at radius 1 is 1.10 bits per heavy atom. The van der Waals surface area contributed by atoms with Gasteiger partial charge in [-0.3, -0.25) is 0 Å². The van der Waals surface area contributed by atoms with Gasteiger partial charge >= 0.3 is 0 Å². The lowest BCUT2D eigenvalue weighted by Crippen LogP contribution is -2.37. The number of nitrogens with one attached hydrogen (secondary N) is 1. The first-order valence-corrected chi connectivity index (χ1v) is 7.07. The summed E-state index contributed by atoms with van der Waals surface area (Å²) in [5, 5.41) is 3.35. The second kappa shape index (κ2) is 5.21. The van der Waals surface area contributed by atoms with E-state index in [-0.39, 0.29) is 0 Å². The summed E-state index contributed by atoms with van der Waals surface area (Å²) in [5.41, 5.74) is 1.93. The molecule has 1 saturated heterocycles. The second-order valence-corrected chi connectivity index (χ2v) is 5.03. The van der Waals surface area contributed by atoms with E-state index in [1.165, 1.54) is 0 Å². The normalized spacial score (nSPS) is 17.0. The highest BCUT2D eigenvalue weighted by Crippen LogP contribution is 2.35. The highest BCUT2D eigenvalue weighted by Gasteiger charge is 2.22. The third-order valence-corrected chi connectivity index (χ3v) is 3.75. The van der Waals surface area contributed by atoms with Crippen LogP contribution in [0.2, 0.25) is 0 Å². The van der Waals surface area contributed by atoms with Crippen LogP contribution in [0.5, 0.6) is 5.75 Å². The van der Waals surface area contributed by atoms with Crippen LogP contribution >= 0.6 is 0 Å². The number of anilines is 3. The van der Waals surface area contributed by atoms with Crippen molar-refractivity contribution in [1.82, 2.24) is 9.97 Å². The van der Waals surface area contributed by atoms with Gasteiger partial charge in [0.15, 0.2) is 0 Å². The summed E-state index contributed by atoms with van der Waals surface area (Å²) in [4.78, 5) is 11.1. The highest BCUT2D eigenvalue weighted by molar-refractivity contribution is 5.70. The van der Waals surface area contributed by atoms with Crippen molar-refractivity contribution < 1.29 is 9.47 Å². The number of rotatable bonds is 1. The molecule has 4 rings (SSSR count). The Kier molecular flexibility index (Phi) is 3.08. The van der Waals surface area contributed by atoms with Gasteiger partial charge in [-0.15, -0.1) is 0 Å². The van der Waals surface area contributed by atoms with E-state index in [0.717, 1.165) is 54.9 Å². The standard InChI is InChI=1S/C15H16N4O2/c1-2-4-13-12(3-1)18-14-11(9-21-13)15(17-10-16-14)19-5-7-20-8-6-19/h1-4,10H,5-9H2,(H,16,17,18). The summed E-state index contributed by atoms with van der Waals surface area (Å²) in [5.74, 6) is 2.59. The van der Waals surface area contributed by atoms with Crippen molar-refractivity contribution in [3.63, 3.8) is 0 Å². The van der Waals surface area contributed by atoms with Crippen LogP contribution in [0.15, 0.2) is 30.6 Å². The third-order valence-electron chi connectivity index (χ3n) is 3.75. The SMILES string of the molecule is c1ccc2c(c1)Nc1ncnc(N3CCOCC3)c1CO2. The lowest BCUT2D eigenvalue weighted by Gasteiger charge is -2.29. The molecule has 3 heterocycles. The number of aromatic nitrogens is 2. The molecule has 2 aromatic rings. The number of hydrogen-bond donors (Lipinski definition) is 1. The zero-order chi connectivity index (χ0) is 14.1. The molecule has 0 bridgehead atoms. The molecule has 108 valence electrons. The van der Waals surface area contributed by atoms with E-state index in [0.29, 0.717) is 6.61 Å². The fourth-order valence-corrected chi connectivity index (χ4v) is 2.66. The van der Waals surface area contributed by atoms with Crippen LogP contribution in [-0.2, 0) is 11.3 Å². The van der Waals surface area contributed by atoms with Gasteiger partial charge in [-0.1, -0.05) is 12.1 Å². The highest BCUT2D eigenvalue weighted by atomic mass is 16.5. The van der Waals surface area contributed by atoms with Gasteiger partial charge in [-0.05, 0) is 12.1 Å². The average molecular weight is 284 g/mol.